The number of anilines is 3. The van der Waals surface area contributed by atoms with Crippen molar-refractivity contribution in [1.29, 1.82) is 0 Å². The standard InChI is InChI=1S/C15H16Cl2N4/c1-2-18-12-8-13(21-15(20-12)9-6-7-9)19-11-5-3-4-10(16)14(11)17/h3-5,8-9H,2,6-7H2,1H3,(H2,18,19,20,21). The number of nitrogens with one attached hydrogen (secondary N) is 2. The van der Waals surface area contributed by atoms with Gasteiger partial charge in [-0.15, -0.1) is 0 Å². The summed E-state index contributed by atoms with van der Waals surface area (Å²) in [6.45, 7) is 2.86. The number of rotatable bonds is 5. The second-order valence-corrected chi connectivity index (χ2v) is 5.81. The molecule has 0 unspecified atom stereocenters. The lowest BCUT2D eigenvalue weighted by molar-refractivity contribution is 0.927. The highest BCUT2D eigenvalue weighted by molar-refractivity contribution is 6.43. The summed E-state index contributed by atoms with van der Waals surface area (Å²) in [7, 11) is 0. The van der Waals surface area contributed by atoms with Crippen molar-refractivity contribution in [3.8, 4) is 0 Å². The molecule has 0 radical (unpaired) electrons. The first kappa shape index (κ1) is 14.4. The maximum Gasteiger partial charge on any atom is 0.136 e. The van der Waals surface area contributed by atoms with Crippen LogP contribution in [-0.4, -0.2) is 16.5 Å². The van der Waals surface area contributed by atoms with E-state index in [2.05, 4.69) is 20.6 Å². The van der Waals surface area contributed by atoms with Crippen LogP contribution >= 0.6 is 23.2 Å². The molecule has 4 nitrogen and oxygen atoms in total. The van der Waals surface area contributed by atoms with Crippen LogP contribution < -0.4 is 10.6 Å². The first-order valence-electron chi connectivity index (χ1n) is 7.01. The minimum Gasteiger partial charge on any atom is -0.370 e. The Kier molecular flexibility index (Phi) is 4.17. The third kappa shape index (κ3) is 3.39. The molecule has 21 heavy (non-hydrogen) atoms. The molecule has 1 saturated carbocycles. The molecule has 0 bridgehead atoms. The number of nitrogens with zero attached hydrogens (tertiary/aromatic N) is 2. The normalized spacial score (nSPS) is 14.0. The molecular weight excluding hydrogens is 307 g/mol. The van der Waals surface area contributed by atoms with E-state index in [0.29, 0.717) is 16.0 Å². The van der Waals surface area contributed by atoms with E-state index in [1.54, 1.807) is 6.07 Å². The summed E-state index contributed by atoms with van der Waals surface area (Å²) >= 11 is 12.2. The van der Waals surface area contributed by atoms with Gasteiger partial charge in [-0.05, 0) is 31.9 Å². The number of benzene rings is 1. The molecule has 3 rings (SSSR count). The Hall–Kier alpha value is -1.52. The first-order chi connectivity index (χ1) is 10.2. The lowest BCUT2D eigenvalue weighted by atomic mass is 10.3. The van der Waals surface area contributed by atoms with E-state index in [-0.39, 0.29) is 0 Å². The van der Waals surface area contributed by atoms with E-state index >= 15 is 0 Å². The topological polar surface area (TPSA) is 49.8 Å². The van der Waals surface area contributed by atoms with Gasteiger partial charge in [0.1, 0.15) is 17.5 Å². The predicted octanol–water partition coefficient (Wildman–Crippen LogP) is 4.84. The molecular formula is C15H16Cl2N4. The number of aromatic nitrogens is 2. The van der Waals surface area contributed by atoms with E-state index in [1.165, 1.54) is 0 Å². The molecule has 0 atom stereocenters. The van der Waals surface area contributed by atoms with Crippen LogP contribution in [0.15, 0.2) is 24.3 Å². The van der Waals surface area contributed by atoms with Crippen molar-refractivity contribution in [2.24, 2.45) is 0 Å². The van der Waals surface area contributed by atoms with Crippen molar-refractivity contribution in [3.63, 3.8) is 0 Å². The van der Waals surface area contributed by atoms with Crippen LogP contribution in [-0.2, 0) is 0 Å². The van der Waals surface area contributed by atoms with Crippen LogP contribution in [0.25, 0.3) is 0 Å². The summed E-state index contributed by atoms with van der Waals surface area (Å²) in [6.07, 6.45) is 2.32. The third-order valence-corrected chi connectivity index (χ3v) is 4.08. The van der Waals surface area contributed by atoms with Gasteiger partial charge in [0.05, 0.1) is 15.7 Å². The summed E-state index contributed by atoms with van der Waals surface area (Å²) in [5, 5.41) is 7.47. The van der Waals surface area contributed by atoms with Gasteiger partial charge < -0.3 is 10.6 Å². The highest BCUT2D eigenvalue weighted by atomic mass is 35.5. The van der Waals surface area contributed by atoms with Gasteiger partial charge in [-0.2, -0.15) is 0 Å². The SMILES string of the molecule is CCNc1cc(Nc2cccc(Cl)c2Cl)nc(C2CC2)n1. The predicted molar refractivity (Wildman–Crippen MR) is 87.9 cm³/mol. The Morgan fingerprint density at radius 2 is 1.95 bits per heavy atom. The molecule has 1 aliphatic rings. The first-order valence-corrected chi connectivity index (χ1v) is 7.77. The van der Waals surface area contributed by atoms with Gasteiger partial charge in [0.25, 0.3) is 0 Å². The smallest absolute Gasteiger partial charge is 0.136 e. The maximum atomic E-state index is 6.21. The minimum atomic E-state index is 0.485. The zero-order chi connectivity index (χ0) is 14.8. The summed E-state index contributed by atoms with van der Waals surface area (Å²) in [6, 6.07) is 7.37. The van der Waals surface area contributed by atoms with Crippen molar-refractivity contribution in [3.05, 3.63) is 40.1 Å². The summed E-state index contributed by atoms with van der Waals surface area (Å²) in [5.41, 5.74) is 0.743. The molecule has 0 saturated heterocycles. The molecule has 0 amide bonds. The van der Waals surface area contributed by atoms with Crippen LogP contribution in [0.1, 0.15) is 31.5 Å². The average Bonchev–Trinajstić information content (AvgIpc) is 3.29. The molecule has 0 aliphatic heterocycles. The Bertz CT molecular complexity index is 656. The Morgan fingerprint density at radius 1 is 1.19 bits per heavy atom. The Labute approximate surface area is 133 Å². The fourth-order valence-corrected chi connectivity index (χ4v) is 2.41. The van der Waals surface area contributed by atoms with Gasteiger partial charge in [-0.3, -0.25) is 0 Å². The van der Waals surface area contributed by atoms with E-state index < -0.39 is 0 Å². The molecule has 1 fully saturated rings. The van der Waals surface area contributed by atoms with Gasteiger partial charge in [0, 0.05) is 18.5 Å². The second-order valence-electron chi connectivity index (χ2n) is 5.03. The monoisotopic (exact) mass is 322 g/mol. The van der Waals surface area contributed by atoms with E-state index in [9.17, 15) is 0 Å². The number of hydrogen-bond donors (Lipinski definition) is 2. The number of hydrogen-bond acceptors (Lipinski definition) is 4. The minimum absolute atomic E-state index is 0.485. The zero-order valence-electron chi connectivity index (χ0n) is 11.7. The Balaban J connectivity index is 1.91. The van der Waals surface area contributed by atoms with Gasteiger partial charge in [-0.25, -0.2) is 9.97 Å². The quantitative estimate of drug-likeness (QED) is 0.827. The molecule has 110 valence electrons. The van der Waals surface area contributed by atoms with Gasteiger partial charge in [0.2, 0.25) is 0 Å². The van der Waals surface area contributed by atoms with Crippen molar-refractivity contribution in [1.82, 2.24) is 9.97 Å². The lowest BCUT2D eigenvalue weighted by Gasteiger charge is -2.12. The summed E-state index contributed by atoms with van der Waals surface area (Å²) in [5.74, 6) is 2.93. The molecule has 1 aromatic carbocycles. The molecule has 6 heteroatoms. The number of halogens is 2. The third-order valence-electron chi connectivity index (χ3n) is 3.26. The van der Waals surface area contributed by atoms with E-state index in [1.807, 2.05) is 25.1 Å². The largest absolute Gasteiger partial charge is 0.370 e. The van der Waals surface area contributed by atoms with Crippen LogP contribution in [0.4, 0.5) is 17.3 Å². The van der Waals surface area contributed by atoms with Crippen LogP contribution in [0.3, 0.4) is 0 Å². The lowest BCUT2D eigenvalue weighted by Crippen LogP contribution is -2.05. The fourth-order valence-electron chi connectivity index (χ4n) is 2.06. The molecule has 1 aromatic heterocycles. The van der Waals surface area contributed by atoms with E-state index in [0.717, 1.165) is 42.5 Å². The van der Waals surface area contributed by atoms with Crippen molar-refractivity contribution in [2.45, 2.75) is 25.7 Å². The summed E-state index contributed by atoms with van der Waals surface area (Å²) in [4.78, 5) is 9.13. The Morgan fingerprint density at radius 3 is 2.67 bits per heavy atom. The maximum absolute atomic E-state index is 6.21. The van der Waals surface area contributed by atoms with Gasteiger partial charge in [0.15, 0.2) is 0 Å². The molecule has 2 N–H and O–H groups in total. The summed E-state index contributed by atoms with van der Waals surface area (Å²) < 4.78 is 0. The highest BCUT2D eigenvalue weighted by Crippen LogP contribution is 2.39. The fraction of sp³-hybridized carbons (Fsp3) is 0.333. The van der Waals surface area contributed by atoms with Gasteiger partial charge >= 0.3 is 0 Å². The average molecular weight is 323 g/mol. The van der Waals surface area contributed by atoms with E-state index in [4.69, 9.17) is 23.2 Å². The van der Waals surface area contributed by atoms with Crippen LogP contribution in [0.5, 0.6) is 0 Å². The second kappa shape index (κ2) is 6.08. The molecule has 2 aromatic rings. The van der Waals surface area contributed by atoms with Crippen molar-refractivity contribution in [2.75, 3.05) is 17.2 Å². The van der Waals surface area contributed by atoms with Crippen molar-refractivity contribution >= 4 is 40.5 Å². The molecule has 1 heterocycles. The van der Waals surface area contributed by atoms with Gasteiger partial charge in [-0.1, -0.05) is 29.3 Å². The zero-order valence-corrected chi connectivity index (χ0v) is 13.2. The van der Waals surface area contributed by atoms with Crippen LogP contribution in [0, 0.1) is 0 Å². The molecule has 0 spiro atoms. The highest BCUT2D eigenvalue weighted by Gasteiger charge is 2.27. The van der Waals surface area contributed by atoms with Crippen LogP contribution in [0.2, 0.25) is 10.0 Å². The molecule has 1 aliphatic carbocycles. The van der Waals surface area contributed by atoms with Crippen molar-refractivity contribution < 1.29 is 0 Å².